The Hall–Kier alpha value is -3.39. The maximum absolute atomic E-state index is 12.7. The number of nitrogens with one attached hydrogen (secondary N) is 1. The van der Waals surface area contributed by atoms with Crippen molar-refractivity contribution in [2.24, 2.45) is 5.92 Å². The summed E-state index contributed by atoms with van der Waals surface area (Å²) in [5.41, 5.74) is 3.02. The van der Waals surface area contributed by atoms with Crippen molar-refractivity contribution in [3.05, 3.63) is 65.8 Å². The molecule has 0 bridgehead atoms. The predicted octanol–water partition coefficient (Wildman–Crippen LogP) is 4.00. The number of benzene rings is 1. The topological polar surface area (TPSA) is 71.8 Å². The van der Waals surface area contributed by atoms with Crippen LogP contribution in [0.15, 0.2) is 60.2 Å². The third kappa shape index (κ3) is 4.18. The van der Waals surface area contributed by atoms with Crippen molar-refractivity contribution in [3.8, 4) is 16.3 Å². The minimum atomic E-state index is 0.0239. The third-order valence-corrected chi connectivity index (χ3v) is 6.83. The molecule has 4 aromatic rings. The van der Waals surface area contributed by atoms with Crippen LogP contribution in [0.25, 0.3) is 16.1 Å². The molecule has 0 saturated carbocycles. The molecule has 1 fully saturated rings. The molecule has 7 nitrogen and oxygen atoms in total. The van der Waals surface area contributed by atoms with Gasteiger partial charge in [0.15, 0.2) is 5.82 Å². The molecule has 1 aromatic carbocycles. The number of thiophene rings is 1. The van der Waals surface area contributed by atoms with E-state index >= 15 is 0 Å². The molecule has 0 unspecified atom stereocenters. The van der Waals surface area contributed by atoms with E-state index in [1.807, 2.05) is 41.0 Å². The van der Waals surface area contributed by atoms with Gasteiger partial charge in [0.2, 0.25) is 5.91 Å². The summed E-state index contributed by atoms with van der Waals surface area (Å²) in [6.07, 6.45) is 5.29. The Morgan fingerprint density at radius 2 is 2.03 bits per heavy atom. The number of anilines is 1. The summed E-state index contributed by atoms with van der Waals surface area (Å²) in [6, 6.07) is 14.0. The number of piperidine rings is 1. The molecule has 3 aromatic heterocycles. The SMILES string of the molecule is COc1ccc(CNC(=O)C2CCN(c3nccn4nc(-c5cccs5)cc34)CC2)cc1. The zero-order valence-electron chi connectivity index (χ0n) is 17.9. The number of amides is 1. The summed E-state index contributed by atoms with van der Waals surface area (Å²) in [6.45, 7) is 2.13. The van der Waals surface area contributed by atoms with Crippen LogP contribution < -0.4 is 15.0 Å². The molecule has 1 amide bonds. The highest BCUT2D eigenvalue weighted by Gasteiger charge is 2.26. The van der Waals surface area contributed by atoms with Crippen LogP contribution in [0, 0.1) is 5.92 Å². The summed E-state index contributed by atoms with van der Waals surface area (Å²) >= 11 is 1.68. The second-order valence-corrected chi connectivity index (χ2v) is 8.86. The predicted molar refractivity (Wildman–Crippen MR) is 126 cm³/mol. The van der Waals surface area contributed by atoms with Crippen LogP contribution in [0.5, 0.6) is 5.75 Å². The summed E-state index contributed by atoms with van der Waals surface area (Å²) < 4.78 is 7.08. The van der Waals surface area contributed by atoms with E-state index in [1.54, 1.807) is 24.6 Å². The van der Waals surface area contributed by atoms with Crippen molar-refractivity contribution in [2.45, 2.75) is 19.4 Å². The highest BCUT2D eigenvalue weighted by atomic mass is 32.1. The fourth-order valence-corrected chi connectivity index (χ4v) is 4.81. The zero-order valence-corrected chi connectivity index (χ0v) is 18.7. The van der Waals surface area contributed by atoms with Crippen LogP contribution in [-0.2, 0) is 11.3 Å². The number of hydrogen-bond acceptors (Lipinski definition) is 6. The van der Waals surface area contributed by atoms with Gasteiger partial charge < -0.3 is 15.0 Å². The third-order valence-electron chi connectivity index (χ3n) is 5.93. The minimum Gasteiger partial charge on any atom is -0.497 e. The second kappa shape index (κ2) is 9.00. The Morgan fingerprint density at radius 1 is 1.22 bits per heavy atom. The van der Waals surface area contributed by atoms with Gasteiger partial charge in [0.05, 0.1) is 12.0 Å². The van der Waals surface area contributed by atoms with Crippen molar-refractivity contribution >= 4 is 28.6 Å². The Balaban J connectivity index is 1.21. The first kappa shape index (κ1) is 20.5. The van der Waals surface area contributed by atoms with Crippen LogP contribution >= 0.6 is 11.3 Å². The molecular weight excluding hydrogens is 422 g/mol. The van der Waals surface area contributed by atoms with Crippen LogP contribution in [0.2, 0.25) is 0 Å². The van der Waals surface area contributed by atoms with Gasteiger partial charge in [-0.05, 0) is 48.1 Å². The van der Waals surface area contributed by atoms with Gasteiger partial charge in [-0.2, -0.15) is 5.10 Å². The average molecular weight is 448 g/mol. The lowest BCUT2D eigenvalue weighted by atomic mass is 9.95. The quantitative estimate of drug-likeness (QED) is 0.484. The largest absolute Gasteiger partial charge is 0.497 e. The lowest BCUT2D eigenvalue weighted by Gasteiger charge is -2.32. The molecule has 5 rings (SSSR count). The first-order valence-electron chi connectivity index (χ1n) is 10.7. The van der Waals surface area contributed by atoms with Crippen molar-refractivity contribution in [3.63, 3.8) is 0 Å². The number of fused-ring (bicyclic) bond motifs is 1. The fraction of sp³-hybridized carbons (Fsp3) is 0.292. The van der Waals surface area contributed by atoms with Gasteiger partial charge in [0.25, 0.3) is 0 Å². The molecule has 8 heteroatoms. The van der Waals surface area contributed by atoms with E-state index in [2.05, 4.69) is 32.7 Å². The first-order valence-corrected chi connectivity index (χ1v) is 11.6. The van der Waals surface area contributed by atoms with E-state index in [9.17, 15) is 4.79 Å². The van der Waals surface area contributed by atoms with Gasteiger partial charge in [0.1, 0.15) is 17.0 Å². The van der Waals surface area contributed by atoms with E-state index in [4.69, 9.17) is 9.84 Å². The number of rotatable bonds is 6. The van der Waals surface area contributed by atoms with Crippen LogP contribution in [0.1, 0.15) is 18.4 Å². The summed E-state index contributed by atoms with van der Waals surface area (Å²) in [4.78, 5) is 20.8. The maximum atomic E-state index is 12.7. The van der Waals surface area contributed by atoms with E-state index in [-0.39, 0.29) is 11.8 Å². The van der Waals surface area contributed by atoms with E-state index < -0.39 is 0 Å². The monoisotopic (exact) mass is 447 g/mol. The number of aromatic nitrogens is 3. The smallest absolute Gasteiger partial charge is 0.223 e. The van der Waals surface area contributed by atoms with Crippen molar-refractivity contribution < 1.29 is 9.53 Å². The van der Waals surface area contributed by atoms with Crippen molar-refractivity contribution in [2.75, 3.05) is 25.1 Å². The lowest BCUT2D eigenvalue weighted by Crippen LogP contribution is -2.40. The minimum absolute atomic E-state index is 0.0239. The van der Waals surface area contributed by atoms with Gasteiger partial charge >= 0.3 is 0 Å². The summed E-state index contributed by atoms with van der Waals surface area (Å²) in [7, 11) is 1.65. The molecule has 0 aliphatic carbocycles. The highest BCUT2D eigenvalue weighted by molar-refractivity contribution is 7.13. The van der Waals surface area contributed by atoms with Gasteiger partial charge in [-0.3, -0.25) is 4.79 Å². The second-order valence-electron chi connectivity index (χ2n) is 7.91. The van der Waals surface area contributed by atoms with Crippen LogP contribution in [0.3, 0.4) is 0 Å². The van der Waals surface area contributed by atoms with Crippen molar-refractivity contribution in [1.29, 1.82) is 0 Å². The molecule has 1 N–H and O–H groups in total. The maximum Gasteiger partial charge on any atom is 0.223 e. The molecule has 32 heavy (non-hydrogen) atoms. The zero-order chi connectivity index (χ0) is 21.9. The van der Waals surface area contributed by atoms with Gasteiger partial charge in [-0.25, -0.2) is 9.50 Å². The summed E-state index contributed by atoms with van der Waals surface area (Å²) in [5.74, 6) is 1.89. The number of ether oxygens (including phenoxy) is 1. The normalized spacial score (nSPS) is 14.6. The lowest BCUT2D eigenvalue weighted by molar-refractivity contribution is -0.125. The van der Waals surface area contributed by atoms with E-state index in [1.165, 1.54) is 0 Å². The molecule has 0 atom stereocenters. The molecule has 1 aliphatic rings. The number of methoxy groups -OCH3 is 1. The highest BCUT2D eigenvalue weighted by Crippen LogP contribution is 2.30. The number of carbonyl (C=O) groups excluding carboxylic acids is 1. The number of nitrogens with zero attached hydrogens (tertiary/aromatic N) is 4. The number of hydrogen-bond donors (Lipinski definition) is 1. The summed E-state index contributed by atoms with van der Waals surface area (Å²) in [5, 5.41) is 9.85. The Kier molecular flexibility index (Phi) is 5.77. The van der Waals surface area contributed by atoms with E-state index in [0.29, 0.717) is 6.54 Å². The van der Waals surface area contributed by atoms with E-state index in [0.717, 1.165) is 59.1 Å². The Morgan fingerprint density at radius 3 is 2.75 bits per heavy atom. The first-order chi connectivity index (χ1) is 15.7. The standard InChI is InChI=1S/C24H25N5O2S/c1-31-19-6-4-17(5-7-19)16-26-24(30)18-8-11-28(12-9-18)23-21-15-20(22-3-2-14-32-22)27-29(21)13-10-25-23/h2-7,10,13-15,18H,8-9,11-12,16H2,1H3,(H,26,30). The van der Waals surface area contributed by atoms with Crippen LogP contribution in [0.4, 0.5) is 5.82 Å². The average Bonchev–Trinajstić information content (AvgIpc) is 3.53. The van der Waals surface area contributed by atoms with Crippen molar-refractivity contribution in [1.82, 2.24) is 19.9 Å². The van der Waals surface area contributed by atoms with Crippen LogP contribution in [-0.4, -0.2) is 40.7 Å². The van der Waals surface area contributed by atoms with Gasteiger partial charge in [-0.15, -0.1) is 11.3 Å². The molecule has 4 heterocycles. The van der Waals surface area contributed by atoms with Gasteiger partial charge in [-0.1, -0.05) is 18.2 Å². The molecule has 1 saturated heterocycles. The molecular formula is C24H25N5O2S. The Bertz CT molecular complexity index is 1200. The molecule has 164 valence electrons. The molecule has 0 radical (unpaired) electrons. The molecule has 0 spiro atoms. The van der Waals surface area contributed by atoms with Gasteiger partial charge in [0, 0.05) is 37.9 Å². The molecule has 1 aliphatic heterocycles. The Labute approximate surface area is 190 Å². The number of carbonyl (C=O) groups is 1. The fourth-order valence-electron chi connectivity index (χ4n) is 4.13.